The number of rotatable bonds is 3. The van der Waals surface area contributed by atoms with Crippen LogP contribution in [0.25, 0.3) is 6.08 Å². The van der Waals surface area contributed by atoms with Crippen LogP contribution in [0.15, 0.2) is 15.9 Å². The molecule has 1 atom stereocenters. The first-order valence-corrected chi connectivity index (χ1v) is 10.4. The number of nitrogen functional groups attached to an aromatic ring is 1. The second-order valence-corrected chi connectivity index (χ2v) is 8.91. The maximum atomic E-state index is 12.7. The molecule has 3 rings (SSSR count). The molecule has 16 heteroatoms. The van der Waals surface area contributed by atoms with Gasteiger partial charge in [-0.3, -0.25) is 24.1 Å². The Morgan fingerprint density at radius 2 is 1.79 bits per heavy atom. The number of nitrogens with one attached hydrogen (secondary N) is 2. The lowest BCUT2D eigenvalue weighted by Gasteiger charge is -2.35. The summed E-state index contributed by atoms with van der Waals surface area (Å²) in [5.74, 6) is 1.21. The fourth-order valence-corrected chi connectivity index (χ4v) is 4.46. The van der Waals surface area contributed by atoms with Gasteiger partial charge in [0.05, 0.1) is 16.5 Å². The molecule has 1 aromatic rings. The average molecular weight is 447 g/mol. The van der Waals surface area contributed by atoms with E-state index < -0.39 is 71.5 Å². The van der Waals surface area contributed by atoms with E-state index >= 15 is 0 Å². The first kappa shape index (κ1) is 20.7. The standard InChI is InChI=1S/C13H13N5O9S2/c14-10-5-1-4(28(22,23)24)2-6-9(5)7(3-8(10)29(25,26)27)12(20)18(11(6)19)17-13(21)16-15/h1,3,6H,2,14-15H2,(H2,16,17,21)(H,22,23,24)(H,25,26,27). The zero-order valence-electron chi connectivity index (χ0n) is 14.1. The quantitative estimate of drug-likeness (QED) is 0.0762. The Morgan fingerprint density at radius 1 is 1.17 bits per heavy atom. The van der Waals surface area contributed by atoms with Crippen molar-refractivity contribution >= 4 is 49.8 Å². The monoisotopic (exact) mass is 447 g/mol. The van der Waals surface area contributed by atoms with Crippen LogP contribution >= 0.6 is 0 Å². The summed E-state index contributed by atoms with van der Waals surface area (Å²) in [6, 6.07) is -0.478. The maximum Gasteiger partial charge on any atom is 0.348 e. The number of carbonyl (C=O) groups is 3. The molecule has 14 nitrogen and oxygen atoms in total. The molecule has 1 aliphatic carbocycles. The van der Waals surface area contributed by atoms with Crippen LogP contribution in [0, 0.1) is 0 Å². The van der Waals surface area contributed by atoms with Crippen molar-refractivity contribution in [3.63, 3.8) is 0 Å². The van der Waals surface area contributed by atoms with Crippen molar-refractivity contribution in [2.75, 3.05) is 5.73 Å². The van der Waals surface area contributed by atoms with Crippen molar-refractivity contribution in [3.05, 3.63) is 27.7 Å². The number of hydrogen-bond donors (Lipinski definition) is 6. The molecule has 0 saturated carbocycles. The van der Waals surface area contributed by atoms with Crippen LogP contribution in [0.3, 0.4) is 0 Å². The minimum Gasteiger partial charge on any atom is -0.397 e. The lowest BCUT2D eigenvalue weighted by Crippen LogP contribution is -2.58. The molecule has 8 N–H and O–H groups in total. The Labute approximate surface area is 163 Å². The molecule has 1 aliphatic heterocycles. The number of imide groups is 1. The highest BCUT2D eigenvalue weighted by molar-refractivity contribution is 7.90. The number of anilines is 1. The molecule has 0 saturated heterocycles. The van der Waals surface area contributed by atoms with E-state index in [0.717, 1.165) is 6.08 Å². The molecule has 0 spiro atoms. The van der Waals surface area contributed by atoms with Crippen LogP contribution in [-0.2, 0) is 25.0 Å². The molecule has 0 radical (unpaired) electrons. The van der Waals surface area contributed by atoms with E-state index in [1.54, 1.807) is 5.43 Å². The number of allylic oxidation sites excluding steroid dienone is 1. The van der Waals surface area contributed by atoms with Gasteiger partial charge in [-0.1, -0.05) is 0 Å². The van der Waals surface area contributed by atoms with Crippen LogP contribution in [0.5, 0.6) is 0 Å². The average Bonchev–Trinajstić information content (AvgIpc) is 2.61. The first-order valence-electron chi connectivity index (χ1n) is 7.54. The van der Waals surface area contributed by atoms with Gasteiger partial charge < -0.3 is 5.73 Å². The second kappa shape index (κ2) is 6.49. The van der Waals surface area contributed by atoms with Gasteiger partial charge in [-0.2, -0.15) is 21.8 Å². The van der Waals surface area contributed by atoms with E-state index in [1.165, 1.54) is 0 Å². The van der Waals surface area contributed by atoms with Gasteiger partial charge >= 0.3 is 6.03 Å². The zero-order chi connectivity index (χ0) is 21.9. The molecular formula is C13H13N5O9S2. The van der Waals surface area contributed by atoms with Crippen molar-refractivity contribution in [1.82, 2.24) is 15.9 Å². The highest BCUT2D eigenvalue weighted by Gasteiger charge is 2.46. The van der Waals surface area contributed by atoms with Gasteiger partial charge in [-0.05, 0) is 17.7 Å². The fourth-order valence-electron chi connectivity index (χ4n) is 3.16. The smallest absolute Gasteiger partial charge is 0.348 e. The number of nitrogens with two attached hydrogens (primary N) is 2. The van der Waals surface area contributed by atoms with Crippen LogP contribution in [0.4, 0.5) is 10.5 Å². The van der Waals surface area contributed by atoms with Crippen molar-refractivity contribution < 1.29 is 40.3 Å². The molecule has 29 heavy (non-hydrogen) atoms. The van der Waals surface area contributed by atoms with E-state index in [0.29, 0.717) is 6.07 Å². The molecule has 1 heterocycles. The Hall–Kier alpha value is -3.05. The summed E-state index contributed by atoms with van der Waals surface area (Å²) in [6.07, 6.45) is 0.211. The summed E-state index contributed by atoms with van der Waals surface area (Å²) in [5.41, 5.74) is 7.67. The van der Waals surface area contributed by atoms with Gasteiger partial charge in [0, 0.05) is 17.5 Å². The van der Waals surface area contributed by atoms with Crippen LogP contribution in [0.2, 0.25) is 0 Å². The Morgan fingerprint density at radius 3 is 2.31 bits per heavy atom. The van der Waals surface area contributed by atoms with Crippen LogP contribution in [0.1, 0.15) is 33.8 Å². The third-order valence-corrected chi connectivity index (χ3v) is 6.22. The zero-order valence-corrected chi connectivity index (χ0v) is 15.7. The maximum absolute atomic E-state index is 12.7. The van der Waals surface area contributed by atoms with E-state index in [1.807, 2.05) is 5.43 Å². The summed E-state index contributed by atoms with van der Waals surface area (Å²) in [7, 11) is -9.80. The van der Waals surface area contributed by atoms with Crippen LogP contribution < -0.4 is 22.4 Å². The predicted molar refractivity (Wildman–Crippen MR) is 94.6 cm³/mol. The van der Waals surface area contributed by atoms with Gasteiger partial charge in [0.2, 0.25) is 0 Å². The van der Waals surface area contributed by atoms with Gasteiger partial charge in [-0.15, -0.1) is 0 Å². The van der Waals surface area contributed by atoms with Gasteiger partial charge in [0.25, 0.3) is 32.1 Å². The minimum atomic E-state index is -4.97. The summed E-state index contributed by atoms with van der Waals surface area (Å²) in [6.45, 7) is 0. The molecule has 156 valence electrons. The second-order valence-electron chi connectivity index (χ2n) is 6.04. The molecule has 1 aromatic carbocycles. The van der Waals surface area contributed by atoms with Gasteiger partial charge in [0.15, 0.2) is 0 Å². The number of urea groups is 1. The van der Waals surface area contributed by atoms with Crippen molar-refractivity contribution in [2.45, 2.75) is 17.2 Å². The van der Waals surface area contributed by atoms with Crippen molar-refractivity contribution in [2.24, 2.45) is 5.84 Å². The number of hydrazine groups is 2. The Bertz CT molecular complexity index is 1220. The van der Waals surface area contributed by atoms with E-state index in [9.17, 15) is 40.3 Å². The van der Waals surface area contributed by atoms with Crippen molar-refractivity contribution in [3.8, 4) is 0 Å². The first-order chi connectivity index (χ1) is 13.3. The number of amides is 4. The summed E-state index contributed by atoms with van der Waals surface area (Å²) in [5, 5.41) is 0.204. The van der Waals surface area contributed by atoms with Crippen molar-refractivity contribution in [1.29, 1.82) is 0 Å². The molecule has 4 amide bonds. The third kappa shape index (κ3) is 3.32. The summed E-state index contributed by atoms with van der Waals surface area (Å²) < 4.78 is 65.4. The van der Waals surface area contributed by atoms with Gasteiger partial charge in [-0.25, -0.2) is 16.1 Å². The van der Waals surface area contributed by atoms with Gasteiger partial charge in [0.1, 0.15) is 4.90 Å². The third-order valence-electron chi connectivity index (χ3n) is 4.38. The molecule has 0 bridgehead atoms. The SMILES string of the molecule is NNC(=O)NN1C(=O)c2cc(S(=O)(=O)O)c(N)c3c2C(CC(S(=O)(=O)O)=C3)C1=O. The molecule has 2 aliphatic rings. The number of nitrogens with zero attached hydrogens (tertiary/aromatic N) is 1. The van der Waals surface area contributed by atoms with E-state index in [-0.39, 0.29) is 16.1 Å². The molecule has 1 unspecified atom stereocenters. The highest BCUT2D eigenvalue weighted by Crippen LogP contribution is 2.45. The highest BCUT2D eigenvalue weighted by atomic mass is 32.2. The number of hydrogen-bond acceptors (Lipinski definition) is 9. The number of carbonyl (C=O) groups excluding carboxylic acids is 3. The predicted octanol–water partition coefficient (Wildman–Crippen LogP) is -1.70. The van der Waals surface area contributed by atoms with E-state index in [2.05, 4.69) is 0 Å². The Balaban J connectivity index is 2.37. The Kier molecular flexibility index (Phi) is 4.63. The van der Waals surface area contributed by atoms with E-state index in [4.69, 9.17) is 11.6 Å². The lowest BCUT2D eigenvalue weighted by atomic mass is 9.79. The number of benzene rings is 1. The minimum absolute atomic E-state index is 0.108. The summed E-state index contributed by atoms with van der Waals surface area (Å²) in [4.78, 5) is 35.3. The largest absolute Gasteiger partial charge is 0.397 e. The molecule has 0 aromatic heterocycles. The molecule has 0 fully saturated rings. The normalized spacial score (nSPS) is 18.8. The topological polar surface area (TPSA) is 239 Å². The fraction of sp³-hybridized carbons (Fsp3) is 0.154. The lowest BCUT2D eigenvalue weighted by molar-refractivity contribution is -0.132. The van der Waals surface area contributed by atoms with Crippen LogP contribution in [-0.4, -0.2) is 48.8 Å². The molecular weight excluding hydrogens is 434 g/mol. The summed E-state index contributed by atoms with van der Waals surface area (Å²) >= 11 is 0.